The average molecular weight is 524 g/mol. The molecule has 3 aliphatic rings. The largest absolute Gasteiger partial charge is 0.487 e. The summed E-state index contributed by atoms with van der Waals surface area (Å²) in [6.07, 6.45) is 4.10. The Morgan fingerprint density at radius 3 is 2.03 bits per heavy atom. The Kier molecular flexibility index (Phi) is 6.05. The van der Waals surface area contributed by atoms with Gasteiger partial charge in [-0.3, -0.25) is 9.59 Å². The maximum absolute atomic E-state index is 13.5. The van der Waals surface area contributed by atoms with Gasteiger partial charge in [-0.2, -0.15) is 0 Å². The highest BCUT2D eigenvalue weighted by atomic mass is 16.5. The highest BCUT2D eigenvalue weighted by Gasteiger charge is 2.47. The van der Waals surface area contributed by atoms with Crippen molar-refractivity contribution in [2.24, 2.45) is 10.8 Å². The second kappa shape index (κ2) is 9.33. The van der Waals surface area contributed by atoms with Gasteiger partial charge >= 0.3 is 0 Å². The van der Waals surface area contributed by atoms with Gasteiger partial charge in [0.1, 0.15) is 29.6 Å². The van der Waals surface area contributed by atoms with E-state index in [0.717, 1.165) is 22.8 Å². The molecule has 0 amide bonds. The Morgan fingerprint density at radius 1 is 0.846 bits per heavy atom. The number of nitrogens with zero attached hydrogens (tertiary/aromatic N) is 3. The first-order valence-corrected chi connectivity index (χ1v) is 13.5. The molecular weight excluding hydrogens is 490 g/mol. The van der Waals surface area contributed by atoms with Crippen molar-refractivity contribution < 1.29 is 19.1 Å². The van der Waals surface area contributed by atoms with E-state index in [2.05, 4.69) is 38.0 Å². The summed E-state index contributed by atoms with van der Waals surface area (Å²) in [6.45, 7) is 8.65. The van der Waals surface area contributed by atoms with Crippen LogP contribution in [0.2, 0.25) is 0 Å². The predicted molar refractivity (Wildman–Crippen MR) is 146 cm³/mol. The topological polar surface area (TPSA) is 83.3 Å². The van der Waals surface area contributed by atoms with Crippen LogP contribution in [0.4, 0.5) is 0 Å². The molecule has 7 heteroatoms. The van der Waals surface area contributed by atoms with Gasteiger partial charge in [0.15, 0.2) is 11.6 Å². The Balaban J connectivity index is 1.27. The molecule has 39 heavy (non-hydrogen) atoms. The van der Waals surface area contributed by atoms with Crippen molar-refractivity contribution in [2.45, 2.75) is 65.9 Å². The molecular formula is C32H33N3O4. The minimum atomic E-state index is -0.407. The number of para-hydroxylation sites is 1. The first kappa shape index (κ1) is 25.3. The van der Waals surface area contributed by atoms with E-state index < -0.39 is 5.92 Å². The fourth-order valence-corrected chi connectivity index (χ4v) is 5.99. The molecule has 200 valence electrons. The van der Waals surface area contributed by atoms with E-state index in [1.807, 2.05) is 60.8 Å². The van der Waals surface area contributed by atoms with Crippen molar-refractivity contribution in [3.8, 4) is 11.4 Å². The van der Waals surface area contributed by atoms with Crippen LogP contribution in [-0.2, 0) is 20.9 Å². The summed E-state index contributed by atoms with van der Waals surface area (Å²) in [6, 6.07) is 17.5. The third kappa shape index (κ3) is 4.93. The van der Waals surface area contributed by atoms with Gasteiger partial charge in [-0.15, -0.1) is 5.10 Å². The number of carbonyl (C=O) groups is 2. The number of allylic oxidation sites excluding steroid dienone is 4. The molecule has 2 heterocycles. The van der Waals surface area contributed by atoms with Crippen LogP contribution in [0.3, 0.4) is 0 Å². The minimum absolute atomic E-state index is 0.0669. The van der Waals surface area contributed by atoms with E-state index in [-0.39, 0.29) is 29.0 Å². The van der Waals surface area contributed by atoms with Gasteiger partial charge in [0.05, 0.1) is 11.9 Å². The number of aromatic nitrogens is 3. The van der Waals surface area contributed by atoms with Gasteiger partial charge in [-0.05, 0) is 40.7 Å². The van der Waals surface area contributed by atoms with Crippen LogP contribution in [0.25, 0.3) is 5.69 Å². The number of ketones is 2. The van der Waals surface area contributed by atoms with E-state index in [9.17, 15) is 9.59 Å². The van der Waals surface area contributed by atoms with E-state index in [4.69, 9.17) is 9.47 Å². The number of ether oxygens (including phenoxy) is 2. The van der Waals surface area contributed by atoms with Crippen LogP contribution in [0, 0.1) is 10.8 Å². The van der Waals surface area contributed by atoms with Gasteiger partial charge < -0.3 is 9.47 Å². The molecule has 0 atom stereocenters. The molecule has 0 radical (unpaired) electrons. The maximum atomic E-state index is 13.5. The van der Waals surface area contributed by atoms with Crippen molar-refractivity contribution in [2.75, 3.05) is 0 Å². The first-order valence-electron chi connectivity index (χ1n) is 13.5. The standard InChI is InChI=1S/C32H33N3O4/c1-31(2)14-24(36)29-26(16-31)39-27-17-32(3,4)15-25(37)30(27)28(29)20-10-12-23(13-11-20)38-19-21-18-35(34-33-21)22-8-6-5-7-9-22/h5-13,18,28H,14-17,19H2,1-4H3. The van der Waals surface area contributed by atoms with Crippen LogP contribution >= 0.6 is 0 Å². The molecule has 0 saturated heterocycles. The number of benzene rings is 2. The SMILES string of the molecule is CC1(C)CC(=O)C2=C(C1)OC1=C(C(=O)CC(C)(C)C1)C2c1ccc(OCc2cn(-c3ccccc3)nn2)cc1. The monoisotopic (exact) mass is 523 g/mol. The second-order valence-corrected chi connectivity index (χ2v) is 12.4. The van der Waals surface area contributed by atoms with E-state index in [1.165, 1.54) is 0 Å². The lowest BCUT2D eigenvalue weighted by Crippen LogP contribution is -2.37. The minimum Gasteiger partial charge on any atom is -0.487 e. The zero-order chi connectivity index (χ0) is 27.4. The quantitative estimate of drug-likeness (QED) is 0.393. The van der Waals surface area contributed by atoms with E-state index >= 15 is 0 Å². The summed E-state index contributed by atoms with van der Waals surface area (Å²) in [5.41, 5.74) is 3.49. The number of hydrogen-bond acceptors (Lipinski definition) is 6. The average Bonchev–Trinajstić information content (AvgIpc) is 3.35. The third-order valence-electron chi connectivity index (χ3n) is 7.74. The van der Waals surface area contributed by atoms with Crippen LogP contribution in [0.1, 0.15) is 70.6 Å². The Morgan fingerprint density at radius 2 is 1.44 bits per heavy atom. The molecule has 1 aliphatic heterocycles. The Bertz CT molecular complexity index is 1460. The summed E-state index contributed by atoms with van der Waals surface area (Å²) >= 11 is 0. The number of Topliss-reactive ketones (excluding diaryl/α,β-unsaturated/α-hetero) is 2. The van der Waals surface area contributed by atoms with Crippen LogP contribution in [-0.4, -0.2) is 26.6 Å². The number of rotatable bonds is 5. The fourth-order valence-electron chi connectivity index (χ4n) is 5.99. The molecule has 6 rings (SSSR count). The lowest BCUT2D eigenvalue weighted by atomic mass is 9.65. The molecule has 0 fully saturated rings. The van der Waals surface area contributed by atoms with E-state index in [1.54, 1.807) is 4.68 Å². The van der Waals surface area contributed by atoms with Crippen LogP contribution < -0.4 is 4.74 Å². The van der Waals surface area contributed by atoms with Gasteiger partial charge in [-0.1, -0.05) is 63.2 Å². The maximum Gasteiger partial charge on any atom is 0.163 e. The molecule has 0 bridgehead atoms. The zero-order valence-corrected chi connectivity index (χ0v) is 22.9. The Hall–Kier alpha value is -4.00. The first-order chi connectivity index (χ1) is 18.6. The van der Waals surface area contributed by atoms with Gasteiger partial charge in [0.2, 0.25) is 0 Å². The summed E-state index contributed by atoms with van der Waals surface area (Å²) in [5, 5.41) is 8.40. The highest BCUT2D eigenvalue weighted by molar-refractivity contribution is 6.06. The van der Waals surface area contributed by atoms with Gasteiger partial charge in [0.25, 0.3) is 0 Å². The lowest BCUT2D eigenvalue weighted by molar-refractivity contribution is -0.120. The lowest BCUT2D eigenvalue weighted by Gasteiger charge is -2.42. The molecule has 2 aromatic carbocycles. The number of hydrogen-bond donors (Lipinski definition) is 0. The highest BCUT2D eigenvalue weighted by Crippen LogP contribution is 2.53. The normalized spacial score (nSPS) is 20.4. The smallest absolute Gasteiger partial charge is 0.163 e. The zero-order valence-electron chi connectivity index (χ0n) is 22.9. The van der Waals surface area contributed by atoms with Crippen molar-refractivity contribution in [1.82, 2.24) is 15.0 Å². The van der Waals surface area contributed by atoms with Crippen molar-refractivity contribution >= 4 is 11.6 Å². The second-order valence-electron chi connectivity index (χ2n) is 12.4. The number of carbonyl (C=O) groups excluding carboxylic acids is 2. The Labute approximate surface area is 228 Å². The molecule has 0 N–H and O–H groups in total. The van der Waals surface area contributed by atoms with Gasteiger partial charge in [0, 0.05) is 42.7 Å². The third-order valence-corrected chi connectivity index (χ3v) is 7.74. The van der Waals surface area contributed by atoms with Crippen LogP contribution in [0.5, 0.6) is 5.75 Å². The summed E-state index contributed by atoms with van der Waals surface area (Å²) in [5.74, 6) is 1.86. The molecule has 2 aliphatic carbocycles. The van der Waals surface area contributed by atoms with Crippen molar-refractivity contribution in [1.29, 1.82) is 0 Å². The van der Waals surface area contributed by atoms with E-state index in [0.29, 0.717) is 48.3 Å². The summed E-state index contributed by atoms with van der Waals surface area (Å²) in [7, 11) is 0. The molecule has 3 aromatic rings. The molecule has 7 nitrogen and oxygen atoms in total. The van der Waals surface area contributed by atoms with Gasteiger partial charge in [-0.25, -0.2) is 4.68 Å². The van der Waals surface area contributed by atoms with Crippen LogP contribution in [0.15, 0.2) is 83.5 Å². The predicted octanol–water partition coefficient (Wildman–Crippen LogP) is 6.25. The van der Waals surface area contributed by atoms with Crippen molar-refractivity contribution in [3.63, 3.8) is 0 Å². The molecule has 0 saturated carbocycles. The molecule has 0 unspecified atom stereocenters. The summed E-state index contributed by atoms with van der Waals surface area (Å²) < 4.78 is 14.1. The molecule has 0 spiro atoms. The summed E-state index contributed by atoms with van der Waals surface area (Å²) in [4.78, 5) is 26.9. The molecule has 1 aromatic heterocycles. The van der Waals surface area contributed by atoms with Crippen molar-refractivity contribution in [3.05, 3.63) is 94.7 Å². The fraction of sp³-hybridized carbons (Fsp3) is 0.375.